The topological polar surface area (TPSA) is 83.9 Å². The Labute approximate surface area is 200 Å². The number of hydrogen-bond donors (Lipinski definition) is 1. The molecule has 2 fully saturated rings. The molecule has 2 saturated heterocycles. The molecule has 0 unspecified atom stereocenters. The standard InChI is InChI=1S/C26H32FNO5S/c1-19-7-10-24(20-5-3-2-4-6-20)34(31,32)28(19)18-21-8-9-22(17-23(21)27)26(12-11-25(29)30)13-15-33-16-14-26/h2-6,8-9,17,19,24H,7,10-16,18H2,1H3,(H,29,30)/t19-,24+/m0/s1. The van der Waals surface area contributed by atoms with Gasteiger partial charge in [0, 0.05) is 43.2 Å². The van der Waals surface area contributed by atoms with E-state index in [1.54, 1.807) is 6.07 Å². The van der Waals surface area contributed by atoms with E-state index in [2.05, 4.69) is 0 Å². The van der Waals surface area contributed by atoms with Crippen LogP contribution in [-0.4, -0.2) is 43.1 Å². The number of ether oxygens (including phenoxy) is 1. The summed E-state index contributed by atoms with van der Waals surface area (Å²) in [6.45, 7) is 2.86. The van der Waals surface area contributed by atoms with Gasteiger partial charge in [-0.25, -0.2) is 12.8 Å². The summed E-state index contributed by atoms with van der Waals surface area (Å²) in [5.41, 5.74) is 1.40. The summed E-state index contributed by atoms with van der Waals surface area (Å²) in [4.78, 5) is 11.2. The molecule has 2 aliphatic rings. The summed E-state index contributed by atoms with van der Waals surface area (Å²) in [7, 11) is -3.66. The summed E-state index contributed by atoms with van der Waals surface area (Å²) < 4.78 is 49.2. The Bertz CT molecular complexity index is 1120. The Morgan fingerprint density at radius 2 is 1.85 bits per heavy atom. The van der Waals surface area contributed by atoms with Crippen LogP contribution in [0.25, 0.3) is 0 Å². The van der Waals surface area contributed by atoms with Crippen LogP contribution in [0.15, 0.2) is 48.5 Å². The molecule has 4 rings (SSSR count). The second kappa shape index (κ2) is 10.1. The quantitative estimate of drug-likeness (QED) is 0.604. The number of aliphatic carboxylic acids is 1. The monoisotopic (exact) mass is 489 g/mol. The number of carboxylic acids is 1. The van der Waals surface area contributed by atoms with Gasteiger partial charge in [-0.2, -0.15) is 4.31 Å². The van der Waals surface area contributed by atoms with Crippen LogP contribution in [0.5, 0.6) is 0 Å². The van der Waals surface area contributed by atoms with Crippen molar-refractivity contribution in [1.82, 2.24) is 4.31 Å². The lowest BCUT2D eigenvalue weighted by molar-refractivity contribution is -0.137. The van der Waals surface area contributed by atoms with Crippen LogP contribution >= 0.6 is 0 Å². The van der Waals surface area contributed by atoms with Crippen LogP contribution in [0, 0.1) is 5.82 Å². The maximum absolute atomic E-state index is 15.4. The minimum atomic E-state index is -3.66. The minimum absolute atomic E-state index is 0.00772. The van der Waals surface area contributed by atoms with Crippen LogP contribution in [-0.2, 0) is 31.5 Å². The highest BCUT2D eigenvalue weighted by Crippen LogP contribution is 2.41. The van der Waals surface area contributed by atoms with Gasteiger partial charge in [0.2, 0.25) is 10.0 Å². The van der Waals surface area contributed by atoms with Crippen molar-refractivity contribution < 1.29 is 27.4 Å². The van der Waals surface area contributed by atoms with Gasteiger partial charge in [0.15, 0.2) is 0 Å². The summed E-state index contributed by atoms with van der Waals surface area (Å²) in [6, 6.07) is 13.9. The molecule has 0 amide bonds. The van der Waals surface area contributed by atoms with Crippen molar-refractivity contribution in [2.24, 2.45) is 0 Å². The SMILES string of the molecule is C[C@H]1CC[C@H](c2ccccc2)S(=O)(=O)N1Cc1ccc(C2(CCC(=O)O)CCOCC2)cc1F. The number of rotatable bonds is 7. The fourth-order valence-electron chi connectivity index (χ4n) is 5.32. The Balaban J connectivity index is 1.59. The maximum atomic E-state index is 15.4. The molecule has 2 aromatic rings. The van der Waals surface area contributed by atoms with E-state index in [1.807, 2.05) is 43.3 Å². The molecule has 0 aliphatic carbocycles. The molecule has 0 aromatic heterocycles. The predicted octanol–water partition coefficient (Wildman–Crippen LogP) is 4.79. The molecule has 2 heterocycles. The van der Waals surface area contributed by atoms with Crippen molar-refractivity contribution in [3.8, 4) is 0 Å². The van der Waals surface area contributed by atoms with Crippen molar-refractivity contribution in [3.63, 3.8) is 0 Å². The first-order valence-corrected chi connectivity index (χ1v) is 13.4. The zero-order chi connectivity index (χ0) is 24.3. The van der Waals surface area contributed by atoms with Crippen LogP contribution < -0.4 is 0 Å². The van der Waals surface area contributed by atoms with Crippen molar-refractivity contribution in [2.75, 3.05) is 13.2 Å². The zero-order valence-electron chi connectivity index (χ0n) is 19.5. The Morgan fingerprint density at radius 1 is 1.15 bits per heavy atom. The first-order valence-electron chi connectivity index (χ1n) is 11.9. The normalized spacial score (nSPS) is 24.5. The van der Waals surface area contributed by atoms with Gasteiger partial charge in [0.25, 0.3) is 0 Å². The first-order chi connectivity index (χ1) is 16.2. The average molecular weight is 490 g/mol. The van der Waals surface area contributed by atoms with Crippen LogP contribution in [0.2, 0.25) is 0 Å². The second-order valence-corrected chi connectivity index (χ2v) is 11.6. The van der Waals surface area contributed by atoms with Gasteiger partial charge in [-0.1, -0.05) is 42.5 Å². The largest absolute Gasteiger partial charge is 0.481 e. The highest BCUT2D eigenvalue weighted by atomic mass is 32.2. The molecule has 0 bridgehead atoms. The third kappa shape index (κ3) is 5.04. The molecule has 34 heavy (non-hydrogen) atoms. The van der Waals surface area contributed by atoms with Crippen molar-refractivity contribution in [2.45, 2.75) is 68.7 Å². The average Bonchev–Trinajstić information content (AvgIpc) is 2.82. The van der Waals surface area contributed by atoms with E-state index >= 15 is 4.39 Å². The molecule has 1 N–H and O–H groups in total. The molecule has 2 atom stereocenters. The zero-order valence-corrected chi connectivity index (χ0v) is 20.3. The van der Waals surface area contributed by atoms with E-state index in [-0.39, 0.29) is 19.0 Å². The summed E-state index contributed by atoms with van der Waals surface area (Å²) in [6.07, 6.45) is 2.94. The number of carboxylic acid groups (broad SMARTS) is 1. The third-order valence-corrected chi connectivity index (χ3v) is 9.82. The summed E-state index contributed by atoms with van der Waals surface area (Å²) in [5, 5.41) is 8.57. The molecule has 2 aliphatic heterocycles. The number of benzene rings is 2. The van der Waals surface area contributed by atoms with E-state index in [9.17, 15) is 18.3 Å². The predicted molar refractivity (Wildman–Crippen MR) is 127 cm³/mol. The van der Waals surface area contributed by atoms with Crippen molar-refractivity contribution in [1.29, 1.82) is 0 Å². The molecule has 2 aromatic carbocycles. The van der Waals surface area contributed by atoms with E-state index in [4.69, 9.17) is 4.74 Å². The van der Waals surface area contributed by atoms with Gasteiger partial charge in [-0.15, -0.1) is 0 Å². The smallest absolute Gasteiger partial charge is 0.303 e. The Morgan fingerprint density at radius 3 is 2.50 bits per heavy atom. The summed E-state index contributed by atoms with van der Waals surface area (Å²) in [5.74, 6) is -1.33. The molecule has 0 spiro atoms. The molecular weight excluding hydrogens is 457 g/mol. The number of nitrogens with zero attached hydrogens (tertiary/aromatic N) is 1. The fourth-order valence-corrected chi connectivity index (χ4v) is 7.50. The lowest BCUT2D eigenvalue weighted by Crippen LogP contribution is -2.44. The molecule has 0 saturated carbocycles. The molecule has 184 valence electrons. The maximum Gasteiger partial charge on any atom is 0.303 e. The van der Waals surface area contributed by atoms with Gasteiger partial charge >= 0.3 is 5.97 Å². The van der Waals surface area contributed by atoms with Crippen LogP contribution in [0.4, 0.5) is 4.39 Å². The Hall–Kier alpha value is -2.29. The van der Waals surface area contributed by atoms with Gasteiger partial charge in [-0.3, -0.25) is 4.79 Å². The number of carbonyl (C=O) groups is 1. The van der Waals surface area contributed by atoms with Gasteiger partial charge < -0.3 is 9.84 Å². The molecule has 6 nitrogen and oxygen atoms in total. The second-order valence-electron chi connectivity index (χ2n) is 9.51. The minimum Gasteiger partial charge on any atom is -0.481 e. The van der Waals surface area contributed by atoms with Gasteiger partial charge in [-0.05, 0) is 56.2 Å². The lowest BCUT2D eigenvalue weighted by atomic mass is 9.71. The Kier molecular flexibility index (Phi) is 7.40. The first kappa shape index (κ1) is 24.8. The number of halogens is 1. The van der Waals surface area contributed by atoms with Crippen molar-refractivity contribution >= 4 is 16.0 Å². The molecular formula is C26H32FNO5S. The highest BCUT2D eigenvalue weighted by molar-refractivity contribution is 7.89. The third-order valence-electron chi connectivity index (χ3n) is 7.45. The van der Waals surface area contributed by atoms with Crippen LogP contribution in [0.1, 0.15) is 67.4 Å². The van der Waals surface area contributed by atoms with Gasteiger partial charge in [0.1, 0.15) is 11.1 Å². The highest BCUT2D eigenvalue weighted by Gasteiger charge is 2.41. The van der Waals surface area contributed by atoms with Crippen molar-refractivity contribution in [3.05, 3.63) is 71.0 Å². The molecule has 8 heteroatoms. The fraction of sp³-hybridized carbons (Fsp3) is 0.500. The van der Waals surface area contributed by atoms with E-state index in [1.165, 1.54) is 10.4 Å². The van der Waals surface area contributed by atoms with E-state index in [0.29, 0.717) is 50.9 Å². The van der Waals surface area contributed by atoms with Gasteiger partial charge in [0.05, 0.1) is 0 Å². The lowest BCUT2D eigenvalue weighted by Gasteiger charge is -2.39. The van der Waals surface area contributed by atoms with E-state index in [0.717, 1.165) is 11.1 Å². The number of hydrogen-bond acceptors (Lipinski definition) is 4. The van der Waals surface area contributed by atoms with E-state index < -0.39 is 32.5 Å². The number of sulfonamides is 1. The summed E-state index contributed by atoms with van der Waals surface area (Å²) >= 11 is 0. The van der Waals surface area contributed by atoms with Crippen LogP contribution in [0.3, 0.4) is 0 Å². The molecule has 0 radical (unpaired) electrons.